The first kappa shape index (κ1) is 17.3. The molecule has 1 atom stereocenters. The molecule has 0 saturated heterocycles. The van der Waals surface area contributed by atoms with Crippen molar-refractivity contribution in [3.63, 3.8) is 0 Å². The molecule has 6 rings (SSSR count). The molecule has 0 amide bonds. The summed E-state index contributed by atoms with van der Waals surface area (Å²) in [7, 11) is 0. The summed E-state index contributed by atoms with van der Waals surface area (Å²) < 4.78 is 15.8. The number of aromatic nitrogens is 6. The van der Waals surface area contributed by atoms with Gasteiger partial charge in [0.2, 0.25) is 5.95 Å². The van der Waals surface area contributed by atoms with Crippen molar-refractivity contribution in [1.82, 2.24) is 29.5 Å². The van der Waals surface area contributed by atoms with Crippen LogP contribution in [-0.4, -0.2) is 41.9 Å². The Morgan fingerprint density at radius 1 is 1.20 bits per heavy atom. The van der Waals surface area contributed by atoms with Gasteiger partial charge in [-0.15, -0.1) is 0 Å². The third kappa shape index (κ3) is 2.69. The molecule has 30 heavy (non-hydrogen) atoms. The number of nitrogens with zero attached hydrogens (tertiary/aromatic N) is 6. The van der Waals surface area contributed by atoms with E-state index in [0.29, 0.717) is 29.3 Å². The molecule has 0 unspecified atom stereocenters. The topological polar surface area (TPSA) is 92.1 Å². The number of hydrogen-bond donors (Lipinski definition) is 1. The van der Waals surface area contributed by atoms with E-state index in [-0.39, 0.29) is 23.6 Å². The third-order valence-corrected chi connectivity index (χ3v) is 5.80. The number of halogens is 1. The van der Waals surface area contributed by atoms with Gasteiger partial charge in [0.15, 0.2) is 5.78 Å². The maximum atomic E-state index is 14.3. The summed E-state index contributed by atoms with van der Waals surface area (Å²) in [5.41, 5.74) is 3.46. The fraction of sp³-hybridized carbons (Fsp3) is 0.286. The number of carbonyl (C=O) groups excluding carboxylic acids is 1. The first-order chi connectivity index (χ1) is 14.7. The minimum Gasteiger partial charge on any atom is -0.348 e. The SMILES string of the molecule is O=C(c1cnc(N2CCc3[nH]cnc3[C@@H]2c2cc3c(F)cccn3n2)nc1)C1CC1. The zero-order chi connectivity index (χ0) is 20.2. The number of imidazole rings is 1. The molecular formula is C21H18FN7O. The fourth-order valence-electron chi connectivity index (χ4n) is 4.10. The van der Waals surface area contributed by atoms with E-state index in [9.17, 15) is 9.18 Å². The lowest BCUT2D eigenvalue weighted by Crippen LogP contribution is -2.37. The monoisotopic (exact) mass is 403 g/mol. The van der Waals surface area contributed by atoms with Gasteiger partial charge in [0.25, 0.3) is 0 Å². The Morgan fingerprint density at radius 3 is 2.80 bits per heavy atom. The molecule has 1 N–H and O–H groups in total. The van der Waals surface area contributed by atoms with Crippen LogP contribution in [0.5, 0.6) is 0 Å². The smallest absolute Gasteiger partial charge is 0.226 e. The van der Waals surface area contributed by atoms with Gasteiger partial charge < -0.3 is 9.88 Å². The first-order valence-electron chi connectivity index (χ1n) is 9.98. The van der Waals surface area contributed by atoms with Gasteiger partial charge >= 0.3 is 0 Å². The Kier molecular flexibility index (Phi) is 3.71. The quantitative estimate of drug-likeness (QED) is 0.527. The molecule has 9 heteroatoms. The number of rotatable bonds is 4. The third-order valence-electron chi connectivity index (χ3n) is 5.80. The summed E-state index contributed by atoms with van der Waals surface area (Å²) in [6.07, 6.45) is 9.22. The molecule has 1 aliphatic carbocycles. The van der Waals surface area contributed by atoms with E-state index in [1.165, 1.54) is 10.6 Å². The minimum atomic E-state index is -0.357. The van der Waals surface area contributed by atoms with Crippen molar-refractivity contribution in [2.24, 2.45) is 5.92 Å². The van der Waals surface area contributed by atoms with Crippen molar-refractivity contribution in [3.05, 3.63) is 71.6 Å². The number of aromatic amines is 1. The summed E-state index contributed by atoms with van der Waals surface area (Å²) >= 11 is 0. The average molecular weight is 403 g/mol. The molecule has 4 aromatic rings. The number of hydrogen-bond acceptors (Lipinski definition) is 6. The van der Waals surface area contributed by atoms with Crippen LogP contribution in [0.2, 0.25) is 0 Å². The number of nitrogens with one attached hydrogen (secondary N) is 1. The van der Waals surface area contributed by atoms with Gasteiger partial charge in [-0.05, 0) is 31.0 Å². The molecule has 0 spiro atoms. The number of fused-ring (bicyclic) bond motifs is 2. The second-order valence-electron chi connectivity index (χ2n) is 7.78. The zero-order valence-electron chi connectivity index (χ0n) is 16.0. The van der Waals surface area contributed by atoms with Crippen LogP contribution in [0.4, 0.5) is 10.3 Å². The van der Waals surface area contributed by atoms with E-state index in [1.807, 2.05) is 4.90 Å². The Balaban J connectivity index is 1.42. The van der Waals surface area contributed by atoms with Gasteiger partial charge in [-0.3, -0.25) is 4.79 Å². The molecule has 1 fully saturated rings. The van der Waals surface area contributed by atoms with Crippen molar-refractivity contribution in [2.45, 2.75) is 25.3 Å². The molecule has 1 aliphatic heterocycles. The Hall–Kier alpha value is -3.62. The summed E-state index contributed by atoms with van der Waals surface area (Å²) in [5, 5.41) is 4.60. The van der Waals surface area contributed by atoms with Crippen molar-refractivity contribution >= 4 is 17.2 Å². The minimum absolute atomic E-state index is 0.113. The number of pyridine rings is 1. The number of H-pyrrole nitrogens is 1. The highest BCUT2D eigenvalue weighted by Gasteiger charge is 2.35. The molecule has 150 valence electrons. The van der Waals surface area contributed by atoms with Gasteiger partial charge in [0, 0.05) is 43.2 Å². The highest BCUT2D eigenvalue weighted by molar-refractivity contribution is 5.98. The van der Waals surface area contributed by atoms with E-state index >= 15 is 0 Å². The lowest BCUT2D eigenvalue weighted by atomic mass is 10.00. The van der Waals surface area contributed by atoms with Crippen LogP contribution in [0.15, 0.2) is 43.1 Å². The maximum Gasteiger partial charge on any atom is 0.226 e. The lowest BCUT2D eigenvalue weighted by molar-refractivity contribution is 0.0967. The molecule has 1 saturated carbocycles. The van der Waals surface area contributed by atoms with Crippen molar-refractivity contribution in [2.75, 3.05) is 11.4 Å². The second-order valence-corrected chi connectivity index (χ2v) is 7.78. The van der Waals surface area contributed by atoms with E-state index in [4.69, 9.17) is 0 Å². The van der Waals surface area contributed by atoms with Crippen molar-refractivity contribution < 1.29 is 9.18 Å². The van der Waals surface area contributed by atoms with Crippen LogP contribution < -0.4 is 4.90 Å². The van der Waals surface area contributed by atoms with Gasteiger partial charge in [-0.1, -0.05) is 0 Å². The van der Waals surface area contributed by atoms with Crippen LogP contribution in [-0.2, 0) is 6.42 Å². The zero-order valence-corrected chi connectivity index (χ0v) is 16.0. The summed E-state index contributed by atoms with van der Waals surface area (Å²) in [5.74, 6) is 0.405. The highest BCUT2D eigenvalue weighted by atomic mass is 19.1. The normalized spacial score (nSPS) is 18.6. The van der Waals surface area contributed by atoms with Crippen LogP contribution in [0, 0.1) is 11.7 Å². The van der Waals surface area contributed by atoms with E-state index in [1.54, 1.807) is 37.1 Å². The van der Waals surface area contributed by atoms with Gasteiger partial charge in [0.1, 0.15) is 17.4 Å². The van der Waals surface area contributed by atoms with Gasteiger partial charge in [-0.25, -0.2) is 23.9 Å². The average Bonchev–Trinajstić information content (AvgIpc) is 3.34. The number of Topliss-reactive ketones (excluding diaryl/α,β-unsaturated/α-hetero) is 1. The van der Waals surface area contributed by atoms with Crippen molar-refractivity contribution in [1.29, 1.82) is 0 Å². The van der Waals surface area contributed by atoms with E-state index < -0.39 is 0 Å². The Bertz CT molecular complexity index is 1260. The molecule has 0 radical (unpaired) electrons. The predicted octanol–water partition coefficient (Wildman–Crippen LogP) is 2.73. The Labute approximate surface area is 170 Å². The number of anilines is 1. The fourth-order valence-corrected chi connectivity index (χ4v) is 4.10. The lowest BCUT2D eigenvalue weighted by Gasteiger charge is -2.33. The number of ketones is 1. The largest absolute Gasteiger partial charge is 0.348 e. The molecular weight excluding hydrogens is 385 g/mol. The molecule has 8 nitrogen and oxygen atoms in total. The summed E-state index contributed by atoms with van der Waals surface area (Å²) in [6.45, 7) is 0.645. The molecule has 5 heterocycles. The molecule has 0 bridgehead atoms. The highest BCUT2D eigenvalue weighted by Crippen LogP contribution is 2.36. The van der Waals surface area contributed by atoms with E-state index in [2.05, 4.69) is 25.0 Å². The van der Waals surface area contributed by atoms with Crippen LogP contribution in [0.25, 0.3) is 5.52 Å². The summed E-state index contributed by atoms with van der Waals surface area (Å²) in [4.78, 5) is 31.0. The van der Waals surface area contributed by atoms with Crippen LogP contribution in [0.1, 0.15) is 46.3 Å². The van der Waals surface area contributed by atoms with Gasteiger partial charge in [0.05, 0.1) is 23.3 Å². The molecule has 2 aliphatic rings. The first-order valence-corrected chi connectivity index (χ1v) is 9.98. The number of carbonyl (C=O) groups is 1. The van der Waals surface area contributed by atoms with Crippen LogP contribution in [0.3, 0.4) is 0 Å². The summed E-state index contributed by atoms with van der Waals surface area (Å²) in [6, 6.07) is 4.42. The second kappa shape index (κ2) is 6.45. The van der Waals surface area contributed by atoms with Crippen LogP contribution >= 0.6 is 0 Å². The van der Waals surface area contributed by atoms with E-state index in [0.717, 1.165) is 30.7 Å². The van der Waals surface area contributed by atoms with Gasteiger partial charge in [-0.2, -0.15) is 5.10 Å². The maximum absolute atomic E-state index is 14.3. The Morgan fingerprint density at radius 2 is 2.03 bits per heavy atom. The predicted molar refractivity (Wildman–Crippen MR) is 106 cm³/mol. The molecule has 4 aromatic heterocycles. The standard InChI is InChI=1S/C21H18FN7O/c22-14-2-1-6-29-17(14)8-16(27-29)19-18-15(25-11-26-18)5-7-28(19)21-23-9-13(10-24-21)20(30)12-3-4-12/h1-2,6,8-12,19H,3-5,7H2,(H,25,26)/t19-/m0/s1. The van der Waals surface area contributed by atoms with Crippen molar-refractivity contribution in [3.8, 4) is 0 Å². The molecule has 0 aromatic carbocycles.